The second kappa shape index (κ2) is 5.10. The third-order valence-electron chi connectivity index (χ3n) is 3.92. The number of methoxy groups -OCH3 is 1. The van der Waals surface area contributed by atoms with Gasteiger partial charge in [0.25, 0.3) is 0 Å². The van der Waals surface area contributed by atoms with Gasteiger partial charge in [-0.2, -0.15) is 0 Å². The fourth-order valence-electron chi connectivity index (χ4n) is 2.98. The van der Waals surface area contributed by atoms with Crippen LogP contribution < -0.4 is 5.32 Å². The number of amidine groups is 1. The average Bonchev–Trinajstić information content (AvgIpc) is 2.69. The van der Waals surface area contributed by atoms with E-state index in [1.807, 2.05) is 18.2 Å². The molecule has 1 aromatic carbocycles. The molecule has 0 aliphatic carbocycles. The zero-order chi connectivity index (χ0) is 14.2. The Labute approximate surface area is 122 Å². The third-order valence-corrected chi connectivity index (χ3v) is 5.00. The Morgan fingerprint density at radius 3 is 3.10 bits per heavy atom. The highest BCUT2D eigenvalue weighted by Crippen LogP contribution is 2.46. The SMILES string of the molecule is COCCN1C(=O)NC(=N)C12CCSc1ccccc12. The van der Waals surface area contributed by atoms with Gasteiger partial charge in [0.2, 0.25) is 0 Å². The van der Waals surface area contributed by atoms with E-state index in [0.29, 0.717) is 13.2 Å². The van der Waals surface area contributed by atoms with Crippen LogP contribution in [0.5, 0.6) is 0 Å². The summed E-state index contributed by atoms with van der Waals surface area (Å²) in [7, 11) is 1.62. The van der Waals surface area contributed by atoms with Crippen molar-refractivity contribution in [1.29, 1.82) is 5.41 Å². The van der Waals surface area contributed by atoms with Crippen molar-refractivity contribution < 1.29 is 9.53 Å². The molecule has 6 heteroatoms. The van der Waals surface area contributed by atoms with Crippen LogP contribution in [-0.4, -0.2) is 42.8 Å². The number of hydrogen-bond acceptors (Lipinski definition) is 4. The average molecular weight is 291 g/mol. The molecule has 2 heterocycles. The van der Waals surface area contributed by atoms with Gasteiger partial charge in [-0.25, -0.2) is 4.79 Å². The quantitative estimate of drug-likeness (QED) is 0.895. The van der Waals surface area contributed by atoms with E-state index in [2.05, 4.69) is 11.4 Å². The van der Waals surface area contributed by atoms with Crippen LogP contribution in [0.15, 0.2) is 29.2 Å². The third kappa shape index (κ3) is 1.83. The molecule has 0 bridgehead atoms. The first kappa shape index (κ1) is 13.5. The number of benzene rings is 1. The number of ether oxygens (including phenoxy) is 1. The zero-order valence-corrected chi connectivity index (χ0v) is 12.1. The summed E-state index contributed by atoms with van der Waals surface area (Å²) in [5.41, 5.74) is 0.410. The highest BCUT2D eigenvalue weighted by Gasteiger charge is 2.53. The Kier molecular flexibility index (Phi) is 3.43. The lowest BCUT2D eigenvalue weighted by Crippen LogP contribution is -2.49. The molecular weight excluding hydrogens is 274 g/mol. The number of amides is 2. The van der Waals surface area contributed by atoms with Crippen molar-refractivity contribution in [2.24, 2.45) is 0 Å². The Morgan fingerprint density at radius 2 is 2.30 bits per heavy atom. The van der Waals surface area contributed by atoms with Gasteiger partial charge < -0.3 is 9.64 Å². The van der Waals surface area contributed by atoms with E-state index in [4.69, 9.17) is 10.1 Å². The predicted octanol–water partition coefficient (Wildman–Crippen LogP) is 2.03. The van der Waals surface area contributed by atoms with Gasteiger partial charge in [0, 0.05) is 24.3 Å². The molecule has 5 nitrogen and oxygen atoms in total. The number of rotatable bonds is 3. The van der Waals surface area contributed by atoms with Crippen LogP contribution in [0.2, 0.25) is 0 Å². The highest BCUT2D eigenvalue weighted by molar-refractivity contribution is 7.99. The highest BCUT2D eigenvalue weighted by atomic mass is 32.2. The van der Waals surface area contributed by atoms with Gasteiger partial charge >= 0.3 is 6.03 Å². The van der Waals surface area contributed by atoms with E-state index in [0.717, 1.165) is 22.6 Å². The summed E-state index contributed by atoms with van der Waals surface area (Å²) < 4.78 is 5.11. The molecule has 1 aromatic rings. The summed E-state index contributed by atoms with van der Waals surface area (Å²) >= 11 is 1.78. The van der Waals surface area contributed by atoms with Gasteiger partial charge in [-0.1, -0.05) is 18.2 Å². The maximum Gasteiger partial charge on any atom is 0.324 e. The maximum atomic E-state index is 12.2. The molecule has 20 heavy (non-hydrogen) atoms. The molecular formula is C14H17N3O2S. The molecule has 2 N–H and O–H groups in total. The smallest absolute Gasteiger partial charge is 0.324 e. The molecule has 2 aliphatic heterocycles. The van der Waals surface area contributed by atoms with Crippen LogP contribution in [-0.2, 0) is 10.3 Å². The number of hydrogen-bond donors (Lipinski definition) is 2. The normalized spacial score (nSPS) is 24.9. The second-order valence-electron chi connectivity index (χ2n) is 4.90. The van der Waals surface area contributed by atoms with Crippen LogP contribution in [0.25, 0.3) is 0 Å². The fraction of sp³-hybridized carbons (Fsp3) is 0.429. The summed E-state index contributed by atoms with van der Waals surface area (Å²) in [6, 6.07) is 7.85. The first-order valence-corrected chi connectivity index (χ1v) is 7.57. The standard InChI is InChI=1S/C14H17N3O2S/c1-19-8-7-17-13(18)16-12(15)14(17)6-9-20-11-5-3-2-4-10(11)14/h2-5H,6-9H2,1H3,(H2,15,16,18). The molecule has 3 rings (SSSR count). The van der Waals surface area contributed by atoms with Crippen LogP contribution in [0.3, 0.4) is 0 Å². The number of nitrogens with zero attached hydrogens (tertiary/aromatic N) is 1. The van der Waals surface area contributed by atoms with Crippen molar-refractivity contribution in [3.63, 3.8) is 0 Å². The van der Waals surface area contributed by atoms with E-state index in [9.17, 15) is 4.79 Å². The van der Waals surface area contributed by atoms with Crippen molar-refractivity contribution in [2.75, 3.05) is 26.0 Å². The number of carbonyl (C=O) groups excluding carboxylic acids is 1. The molecule has 0 aromatic heterocycles. The van der Waals surface area contributed by atoms with Crippen molar-refractivity contribution in [1.82, 2.24) is 10.2 Å². The Bertz CT molecular complexity index is 563. The minimum atomic E-state index is -0.641. The minimum absolute atomic E-state index is 0.200. The summed E-state index contributed by atoms with van der Waals surface area (Å²) in [5, 5.41) is 11.0. The summed E-state index contributed by atoms with van der Waals surface area (Å²) in [4.78, 5) is 15.1. The van der Waals surface area contributed by atoms with E-state index < -0.39 is 5.54 Å². The molecule has 1 saturated heterocycles. The number of urea groups is 1. The van der Waals surface area contributed by atoms with Gasteiger partial charge in [-0.15, -0.1) is 11.8 Å². The summed E-state index contributed by atoms with van der Waals surface area (Å²) in [5.74, 6) is 1.18. The lowest BCUT2D eigenvalue weighted by Gasteiger charge is -2.40. The number of nitrogens with one attached hydrogen (secondary N) is 2. The molecule has 2 amide bonds. The summed E-state index contributed by atoms with van der Waals surface area (Å²) in [6.07, 6.45) is 0.760. The molecule has 106 valence electrons. The molecule has 1 atom stereocenters. The molecule has 1 spiro atoms. The largest absolute Gasteiger partial charge is 0.383 e. The summed E-state index contributed by atoms with van der Waals surface area (Å²) in [6.45, 7) is 0.960. The van der Waals surface area contributed by atoms with Crippen molar-refractivity contribution in [2.45, 2.75) is 16.9 Å². The van der Waals surface area contributed by atoms with Gasteiger partial charge in [-0.05, 0) is 18.1 Å². The van der Waals surface area contributed by atoms with Crippen molar-refractivity contribution in [3.05, 3.63) is 29.8 Å². The predicted molar refractivity (Wildman–Crippen MR) is 78.3 cm³/mol. The molecule has 1 fully saturated rings. The first-order valence-electron chi connectivity index (χ1n) is 6.59. The van der Waals surface area contributed by atoms with Crippen LogP contribution in [0.1, 0.15) is 12.0 Å². The Balaban J connectivity index is 2.09. The molecule has 1 unspecified atom stereocenters. The topological polar surface area (TPSA) is 65.4 Å². The molecule has 0 saturated carbocycles. The van der Waals surface area contributed by atoms with Gasteiger partial charge in [0.05, 0.1) is 6.61 Å². The van der Waals surface area contributed by atoms with Crippen LogP contribution in [0, 0.1) is 5.41 Å². The lowest BCUT2D eigenvalue weighted by molar-refractivity contribution is 0.120. The maximum absolute atomic E-state index is 12.2. The first-order chi connectivity index (χ1) is 9.70. The lowest BCUT2D eigenvalue weighted by atomic mass is 9.85. The van der Waals surface area contributed by atoms with E-state index in [-0.39, 0.29) is 11.9 Å². The monoisotopic (exact) mass is 291 g/mol. The van der Waals surface area contributed by atoms with Gasteiger partial charge in [-0.3, -0.25) is 10.7 Å². The van der Waals surface area contributed by atoms with Crippen LogP contribution >= 0.6 is 11.8 Å². The minimum Gasteiger partial charge on any atom is -0.383 e. The fourth-order valence-corrected chi connectivity index (χ4v) is 4.16. The van der Waals surface area contributed by atoms with Gasteiger partial charge in [0.1, 0.15) is 11.4 Å². The van der Waals surface area contributed by atoms with Crippen molar-refractivity contribution >= 4 is 23.6 Å². The molecule has 0 radical (unpaired) electrons. The number of carbonyl (C=O) groups is 1. The number of fused-ring (bicyclic) bond motifs is 2. The number of thioether (sulfide) groups is 1. The van der Waals surface area contributed by atoms with Gasteiger partial charge in [0.15, 0.2) is 0 Å². The Morgan fingerprint density at radius 1 is 1.50 bits per heavy atom. The van der Waals surface area contributed by atoms with Crippen LogP contribution in [0.4, 0.5) is 4.79 Å². The van der Waals surface area contributed by atoms with E-state index >= 15 is 0 Å². The molecule has 2 aliphatic rings. The van der Waals surface area contributed by atoms with E-state index in [1.165, 1.54) is 0 Å². The Hall–Kier alpha value is -1.53. The van der Waals surface area contributed by atoms with Crippen molar-refractivity contribution in [3.8, 4) is 0 Å². The second-order valence-corrected chi connectivity index (χ2v) is 6.04. The van der Waals surface area contributed by atoms with E-state index in [1.54, 1.807) is 23.8 Å². The zero-order valence-electron chi connectivity index (χ0n) is 11.3.